The largest absolute Gasteiger partial charge is 0.481 e. The van der Waals surface area contributed by atoms with Crippen molar-refractivity contribution >= 4 is 17.3 Å². The zero-order chi connectivity index (χ0) is 19.1. The van der Waals surface area contributed by atoms with Crippen LogP contribution in [-0.2, 0) is 14.3 Å². The molecule has 0 amide bonds. The fourth-order valence-electron chi connectivity index (χ4n) is 2.92. The predicted molar refractivity (Wildman–Crippen MR) is 99.9 cm³/mol. The monoisotopic (exact) mass is 384 g/mol. The molecule has 2 heterocycles. The maximum atomic E-state index is 10.6. The molecule has 1 aliphatic rings. The van der Waals surface area contributed by atoms with Gasteiger partial charge in [0.2, 0.25) is 0 Å². The maximum Gasteiger partial charge on any atom is 0.303 e. The van der Waals surface area contributed by atoms with Gasteiger partial charge in [0.1, 0.15) is 6.10 Å². The second-order valence-corrected chi connectivity index (χ2v) is 7.18. The van der Waals surface area contributed by atoms with E-state index in [0.29, 0.717) is 18.6 Å². The Morgan fingerprint density at radius 2 is 2.19 bits per heavy atom. The Morgan fingerprint density at radius 3 is 2.85 bits per heavy atom. The average molecular weight is 384 g/mol. The standard InChI is InChI=1S/C20H20N2O4S/c21-10-14-6-8-15(9-7-14)20-25-12-16(4-2-1-3-5-18(23)24)19(26-20)17-11-22-13-27-17/h1-2,6-9,11,13,16,19-20H,3-5,12H2,(H,23,24)/b2-1-. The van der Waals surface area contributed by atoms with E-state index in [-0.39, 0.29) is 18.4 Å². The van der Waals surface area contributed by atoms with Gasteiger partial charge in [0.05, 0.1) is 28.6 Å². The molecule has 0 spiro atoms. The summed E-state index contributed by atoms with van der Waals surface area (Å²) in [5.74, 6) is -0.669. The van der Waals surface area contributed by atoms with E-state index in [1.54, 1.807) is 29.0 Å². The Labute approximate surface area is 161 Å². The van der Waals surface area contributed by atoms with Crippen molar-refractivity contribution in [2.24, 2.45) is 5.92 Å². The zero-order valence-corrected chi connectivity index (χ0v) is 15.5. The molecular formula is C20H20N2O4S. The van der Waals surface area contributed by atoms with E-state index in [0.717, 1.165) is 16.9 Å². The first-order valence-electron chi connectivity index (χ1n) is 8.69. The average Bonchev–Trinajstić information content (AvgIpc) is 3.22. The van der Waals surface area contributed by atoms with Crippen LogP contribution in [0, 0.1) is 17.2 Å². The van der Waals surface area contributed by atoms with Gasteiger partial charge in [-0.1, -0.05) is 24.3 Å². The molecule has 1 saturated heterocycles. The number of carboxylic acid groups (broad SMARTS) is 1. The van der Waals surface area contributed by atoms with Crippen molar-refractivity contribution in [2.75, 3.05) is 6.61 Å². The molecule has 6 nitrogen and oxygen atoms in total. The van der Waals surface area contributed by atoms with Crippen LogP contribution < -0.4 is 0 Å². The maximum absolute atomic E-state index is 10.6. The summed E-state index contributed by atoms with van der Waals surface area (Å²) in [6.07, 6.45) is 6.46. The fourth-order valence-corrected chi connectivity index (χ4v) is 3.67. The van der Waals surface area contributed by atoms with Crippen molar-refractivity contribution in [1.29, 1.82) is 5.26 Å². The number of nitriles is 1. The smallest absolute Gasteiger partial charge is 0.303 e. The zero-order valence-electron chi connectivity index (χ0n) is 14.7. The van der Waals surface area contributed by atoms with Gasteiger partial charge in [0.15, 0.2) is 6.29 Å². The molecule has 0 radical (unpaired) electrons. The molecule has 0 bridgehead atoms. The summed E-state index contributed by atoms with van der Waals surface area (Å²) in [5.41, 5.74) is 3.25. The first kappa shape index (κ1) is 19.2. The first-order chi connectivity index (χ1) is 13.2. The van der Waals surface area contributed by atoms with Crippen molar-refractivity contribution in [3.8, 4) is 6.07 Å². The van der Waals surface area contributed by atoms with Crippen LogP contribution in [0.15, 0.2) is 48.1 Å². The number of carboxylic acids is 1. The number of rotatable bonds is 7. The number of benzene rings is 1. The third-order valence-corrected chi connectivity index (χ3v) is 5.17. The van der Waals surface area contributed by atoms with E-state index < -0.39 is 12.3 Å². The van der Waals surface area contributed by atoms with E-state index in [1.807, 2.05) is 30.5 Å². The van der Waals surface area contributed by atoms with Crippen LogP contribution in [0.2, 0.25) is 0 Å². The van der Waals surface area contributed by atoms with Crippen LogP contribution in [0.3, 0.4) is 0 Å². The fraction of sp³-hybridized carbons (Fsp3) is 0.350. The molecule has 27 heavy (non-hydrogen) atoms. The molecule has 140 valence electrons. The number of aliphatic carboxylic acids is 1. The summed E-state index contributed by atoms with van der Waals surface area (Å²) in [6.45, 7) is 0.524. The van der Waals surface area contributed by atoms with Crippen LogP contribution in [0.25, 0.3) is 0 Å². The highest BCUT2D eigenvalue weighted by Gasteiger charge is 2.34. The highest BCUT2D eigenvalue weighted by atomic mass is 32.1. The lowest BCUT2D eigenvalue weighted by Crippen LogP contribution is -2.30. The van der Waals surface area contributed by atoms with Crippen molar-refractivity contribution in [3.05, 3.63) is 64.1 Å². The van der Waals surface area contributed by atoms with Crippen molar-refractivity contribution in [3.63, 3.8) is 0 Å². The molecule has 0 aliphatic carbocycles. The topological polar surface area (TPSA) is 92.4 Å². The summed E-state index contributed by atoms with van der Waals surface area (Å²) < 4.78 is 12.2. The van der Waals surface area contributed by atoms with Crippen molar-refractivity contribution < 1.29 is 19.4 Å². The lowest BCUT2D eigenvalue weighted by molar-refractivity contribution is -0.243. The van der Waals surface area contributed by atoms with Gasteiger partial charge in [-0.25, -0.2) is 0 Å². The van der Waals surface area contributed by atoms with Crippen LogP contribution in [-0.4, -0.2) is 22.7 Å². The highest BCUT2D eigenvalue weighted by Crippen LogP contribution is 2.41. The van der Waals surface area contributed by atoms with Gasteiger partial charge in [-0.3, -0.25) is 9.78 Å². The molecule has 3 atom stereocenters. The quantitative estimate of drug-likeness (QED) is 0.718. The minimum absolute atomic E-state index is 0.126. The summed E-state index contributed by atoms with van der Waals surface area (Å²) in [6, 6.07) is 9.30. The Hall–Kier alpha value is -2.53. The van der Waals surface area contributed by atoms with E-state index in [4.69, 9.17) is 19.8 Å². The van der Waals surface area contributed by atoms with E-state index in [1.165, 1.54) is 0 Å². The Balaban J connectivity index is 1.67. The minimum Gasteiger partial charge on any atom is -0.481 e. The molecule has 1 N–H and O–H groups in total. The number of nitrogens with zero attached hydrogens (tertiary/aromatic N) is 2. The van der Waals surface area contributed by atoms with Crippen LogP contribution in [0.1, 0.15) is 47.7 Å². The van der Waals surface area contributed by atoms with Gasteiger partial charge in [0, 0.05) is 24.1 Å². The highest BCUT2D eigenvalue weighted by molar-refractivity contribution is 7.09. The van der Waals surface area contributed by atoms with Crippen molar-refractivity contribution in [2.45, 2.75) is 31.7 Å². The van der Waals surface area contributed by atoms with Gasteiger partial charge in [0.25, 0.3) is 0 Å². The van der Waals surface area contributed by atoms with Gasteiger partial charge in [-0.15, -0.1) is 11.3 Å². The lowest BCUT2D eigenvalue weighted by Gasteiger charge is -2.36. The van der Waals surface area contributed by atoms with E-state index in [2.05, 4.69) is 11.1 Å². The number of allylic oxidation sites excluding steroid dienone is 2. The normalized spacial score (nSPS) is 22.6. The number of ether oxygens (including phenoxy) is 2. The third kappa shape index (κ3) is 5.23. The number of aromatic nitrogens is 1. The van der Waals surface area contributed by atoms with Crippen molar-refractivity contribution in [1.82, 2.24) is 4.98 Å². The molecule has 0 saturated carbocycles. The van der Waals surface area contributed by atoms with Crippen LogP contribution in [0.5, 0.6) is 0 Å². The molecule has 7 heteroatoms. The van der Waals surface area contributed by atoms with Crippen LogP contribution >= 0.6 is 11.3 Å². The summed E-state index contributed by atoms with van der Waals surface area (Å²) >= 11 is 1.55. The SMILES string of the molecule is N#Cc1ccc(C2OCC(C/C=C\CCC(=O)O)C(c3cncs3)O2)cc1. The van der Waals surface area contributed by atoms with E-state index >= 15 is 0 Å². The number of thiazole rings is 1. The second-order valence-electron chi connectivity index (χ2n) is 6.26. The minimum atomic E-state index is -0.795. The molecular weight excluding hydrogens is 364 g/mol. The van der Waals surface area contributed by atoms with Gasteiger partial charge in [-0.05, 0) is 25.0 Å². The second kappa shape index (κ2) is 9.42. The summed E-state index contributed by atoms with van der Waals surface area (Å²) in [4.78, 5) is 15.8. The van der Waals surface area contributed by atoms with Gasteiger partial charge in [-0.2, -0.15) is 5.26 Å². The van der Waals surface area contributed by atoms with Crippen LogP contribution in [0.4, 0.5) is 0 Å². The number of hydrogen-bond donors (Lipinski definition) is 1. The predicted octanol–water partition coefficient (Wildman–Crippen LogP) is 4.23. The van der Waals surface area contributed by atoms with Gasteiger partial charge < -0.3 is 14.6 Å². The first-order valence-corrected chi connectivity index (χ1v) is 9.57. The Bertz CT molecular complexity index is 812. The molecule has 1 aromatic heterocycles. The number of hydrogen-bond acceptors (Lipinski definition) is 6. The molecule has 3 rings (SSSR count). The van der Waals surface area contributed by atoms with E-state index in [9.17, 15) is 4.79 Å². The summed E-state index contributed by atoms with van der Waals surface area (Å²) in [7, 11) is 0. The Kier molecular flexibility index (Phi) is 6.71. The molecule has 3 unspecified atom stereocenters. The molecule has 1 aromatic carbocycles. The Morgan fingerprint density at radius 1 is 1.37 bits per heavy atom. The third-order valence-electron chi connectivity index (χ3n) is 4.33. The lowest BCUT2D eigenvalue weighted by atomic mass is 9.96. The summed E-state index contributed by atoms with van der Waals surface area (Å²) in [5, 5.41) is 17.6. The molecule has 1 aliphatic heterocycles. The number of carbonyl (C=O) groups is 1. The molecule has 2 aromatic rings. The molecule has 1 fully saturated rings. The van der Waals surface area contributed by atoms with Gasteiger partial charge >= 0.3 is 5.97 Å².